The lowest BCUT2D eigenvalue weighted by molar-refractivity contribution is -0.157. The molecule has 7 nitrogen and oxygen atoms in total. The van der Waals surface area contributed by atoms with Crippen molar-refractivity contribution >= 4 is 23.8 Å². The highest BCUT2D eigenvalue weighted by Crippen LogP contribution is 2.44. The zero-order valence-corrected chi connectivity index (χ0v) is 10.0. The van der Waals surface area contributed by atoms with E-state index in [9.17, 15) is 19.2 Å². The fourth-order valence-corrected chi connectivity index (χ4v) is 2.21. The minimum atomic E-state index is -1.08. The SMILES string of the molecule is COC(=O)CCN1C(=O)NC(=O)C2(CCC2)C1=O. The molecule has 0 unspecified atom stereocenters. The van der Waals surface area contributed by atoms with Gasteiger partial charge in [-0.2, -0.15) is 0 Å². The van der Waals surface area contributed by atoms with Gasteiger partial charge in [-0.15, -0.1) is 0 Å². The molecule has 0 aromatic rings. The quantitative estimate of drug-likeness (QED) is 0.556. The normalized spacial score (nSPS) is 21.6. The predicted octanol–water partition coefficient (Wildman–Crippen LogP) is -0.202. The van der Waals surface area contributed by atoms with E-state index in [0.717, 1.165) is 11.3 Å². The van der Waals surface area contributed by atoms with Crippen LogP contribution in [0.4, 0.5) is 4.79 Å². The molecule has 1 aliphatic carbocycles. The summed E-state index contributed by atoms with van der Waals surface area (Å²) >= 11 is 0. The van der Waals surface area contributed by atoms with Crippen molar-refractivity contribution in [3.63, 3.8) is 0 Å². The van der Waals surface area contributed by atoms with Gasteiger partial charge in [-0.3, -0.25) is 24.6 Å². The number of urea groups is 1. The molecule has 1 N–H and O–H groups in total. The summed E-state index contributed by atoms with van der Waals surface area (Å²) in [5.74, 6) is -1.51. The maximum absolute atomic E-state index is 12.1. The number of carbonyl (C=O) groups excluding carboxylic acids is 4. The van der Waals surface area contributed by atoms with E-state index in [-0.39, 0.29) is 13.0 Å². The summed E-state index contributed by atoms with van der Waals surface area (Å²) in [6.45, 7) is -0.0631. The van der Waals surface area contributed by atoms with Crippen LogP contribution in [0.2, 0.25) is 0 Å². The first-order chi connectivity index (χ1) is 8.51. The fourth-order valence-electron chi connectivity index (χ4n) is 2.21. The Hall–Kier alpha value is -1.92. The van der Waals surface area contributed by atoms with Gasteiger partial charge >= 0.3 is 12.0 Å². The summed E-state index contributed by atoms with van der Waals surface area (Å²) in [5.41, 5.74) is -1.08. The second kappa shape index (κ2) is 4.40. The third kappa shape index (κ3) is 1.75. The van der Waals surface area contributed by atoms with Crippen LogP contribution in [-0.2, 0) is 19.1 Å². The summed E-state index contributed by atoms with van der Waals surface area (Å²) in [5, 5.41) is 2.17. The Morgan fingerprint density at radius 2 is 2.06 bits per heavy atom. The third-order valence-corrected chi connectivity index (χ3v) is 3.53. The lowest BCUT2D eigenvalue weighted by Gasteiger charge is -2.44. The van der Waals surface area contributed by atoms with Crippen molar-refractivity contribution < 1.29 is 23.9 Å². The van der Waals surface area contributed by atoms with Gasteiger partial charge in [0, 0.05) is 6.54 Å². The molecule has 18 heavy (non-hydrogen) atoms. The number of imide groups is 2. The molecule has 0 bridgehead atoms. The van der Waals surface area contributed by atoms with Crippen LogP contribution in [0.15, 0.2) is 0 Å². The highest BCUT2D eigenvalue weighted by atomic mass is 16.5. The number of nitrogens with zero attached hydrogens (tertiary/aromatic N) is 1. The number of esters is 1. The minimum absolute atomic E-state index is 0.0631. The Kier molecular flexibility index (Phi) is 3.06. The number of barbiturate groups is 1. The molecule has 1 saturated carbocycles. The molecule has 4 amide bonds. The van der Waals surface area contributed by atoms with E-state index in [1.165, 1.54) is 7.11 Å². The van der Waals surface area contributed by atoms with Crippen molar-refractivity contribution in [2.75, 3.05) is 13.7 Å². The van der Waals surface area contributed by atoms with E-state index in [4.69, 9.17) is 0 Å². The van der Waals surface area contributed by atoms with Gasteiger partial charge in [0.1, 0.15) is 5.41 Å². The van der Waals surface area contributed by atoms with Gasteiger partial charge in [-0.1, -0.05) is 6.42 Å². The average Bonchev–Trinajstić information content (AvgIpc) is 2.26. The Morgan fingerprint density at radius 3 is 2.56 bits per heavy atom. The summed E-state index contributed by atoms with van der Waals surface area (Å²) < 4.78 is 4.45. The van der Waals surface area contributed by atoms with E-state index in [1.807, 2.05) is 0 Å². The first-order valence-electron chi connectivity index (χ1n) is 5.75. The van der Waals surface area contributed by atoms with Crippen molar-refractivity contribution in [3.8, 4) is 0 Å². The number of hydrogen-bond acceptors (Lipinski definition) is 5. The highest BCUT2D eigenvalue weighted by Gasteiger charge is 2.57. The molecular formula is C11H14N2O5. The second-order valence-electron chi connectivity index (χ2n) is 4.48. The molecule has 1 heterocycles. The number of carbonyl (C=O) groups is 4. The van der Waals surface area contributed by atoms with E-state index in [2.05, 4.69) is 10.1 Å². The molecular weight excluding hydrogens is 240 g/mol. The molecule has 98 valence electrons. The molecule has 1 spiro atoms. The van der Waals surface area contributed by atoms with Gasteiger partial charge in [-0.25, -0.2) is 4.79 Å². The summed E-state index contributed by atoms with van der Waals surface area (Å²) in [6.07, 6.45) is 1.64. The first-order valence-corrected chi connectivity index (χ1v) is 5.75. The lowest BCUT2D eigenvalue weighted by Crippen LogP contribution is -2.66. The van der Waals surface area contributed by atoms with Crippen molar-refractivity contribution in [2.45, 2.75) is 25.7 Å². The molecule has 1 saturated heterocycles. The van der Waals surface area contributed by atoms with Crippen LogP contribution in [0.5, 0.6) is 0 Å². The van der Waals surface area contributed by atoms with Crippen LogP contribution in [-0.4, -0.2) is 42.4 Å². The molecule has 2 aliphatic rings. The molecule has 0 radical (unpaired) electrons. The van der Waals surface area contributed by atoms with Gasteiger partial charge in [-0.05, 0) is 12.8 Å². The van der Waals surface area contributed by atoms with Crippen molar-refractivity contribution in [1.82, 2.24) is 10.2 Å². The zero-order chi connectivity index (χ0) is 13.3. The Bertz CT molecular complexity index is 427. The minimum Gasteiger partial charge on any atom is -0.469 e. The van der Waals surface area contributed by atoms with Crippen molar-refractivity contribution in [3.05, 3.63) is 0 Å². The Labute approximate surface area is 103 Å². The number of methoxy groups -OCH3 is 1. The van der Waals surface area contributed by atoms with E-state index < -0.39 is 29.2 Å². The average molecular weight is 254 g/mol. The molecule has 2 fully saturated rings. The molecule has 0 aromatic heterocycles. The summed E-state index contributed by atoms with van der Waals surface area (Å²) in [4.78, 5) is 47.3. The standard InChI is InChI=1S/C11H14N2O5/c1-18-7(14)3-6-13-9(16)11(4-2-5-11)8(15)12-10(13)17/h2-6H2,1H3,(H,12,15,17). The largest absolute Gasteiger partial charge is 0.469 e. The maximum atomic E-state index is 12.1. The van der Waals surface area contributed by atoms with Gasteiger partial charge in [0.2, 0.25) is 11.8 Å². The molecule has 2 rings (SSSR count). The molecule has 0 atom stereocenters. The van der Waals surface area contributed by atoms with Gasteiger partial charge in [0.15, 0.2) is 0 Å². The smallest absolute Gasteiger partial charge is 0.330 e. The van der Waals surface area contributed by atoms with E-state index >= 15 is 0 Å². The second-order valence-corrected chi connectivity index (χ2v) is 4.48. The van der Waals surface area contributed by atoms with Crippen molar-refractivity contribution in [2.24, 2.45) is 5.41 Å². The van der Waals surface area contributed by atoms with Crippen LogP contribution >= 0.6 is 0 Å². The van der Waals surface area contributed by atoms with Crippen LogP contribution < -0.4 is 5.32 Å². The first kappa shape index (κ1) is 12.5. The number of amides is 4. The fraction of sp³-hybridized carbons (Fsp3) is 0.636. The Balaban J connectivity index is 2.09. The summed E-state index contributed by atoms with van der Waals surface area (Å²) in [7, 11) is 1.23. The summed E-state index contributed by atoms with van der Waals surface area (Å²) in [6, 6.07) is -0.758. The van der Waals surface area contributed by atoms with Crippen LogP contribution in [0.25, 0.3) is 0 Å². The predicted molar refractivity (Wildman–Crippen MR) is 58.2 cm³/mol. The third-order valence-electron chi connectivity index (χ3n) is 3.53. The molecule has 0 aromatic carbocycles. The van der Waals surface area contributed by atoms with Crippen LogP contribution in [0.1, 0.15) is 25.7 Å². The van der Waals surface area contributed by atoms with Crippen LogP contribution in [0.3, 0.4) is 0 Å². The van der Waals surface area contributed by atoms with Gasteiger partial charge in [0.25, 0.3) is 0 Å². The van der Waals surface area contributed by atoms with Gasteiger partial charge in [0.05, 0.1) is 13.5 Å². The maximum Gasteiger partial charge on any atom is 0.330 e. The molecule has 1 aliphatic heterocycles. The zero-order valence-electron chi connectivity index (χ0n) is 10.0. The van der Waals surface area contributed by atoms with Gasteiger partial charge < -0.3 is 4.74 Å². The number of ether oxygens (including phenoxy) is 1. The monoisotopic (exact) mass is 254 g/mol. The van der Waals surface area contributed by atoms with E-state index in [1.54, 1.807) is 0 Å². The molecule has 7 heteroatoms. The number of nitrogens with one attached hydrogen (secondary N) is 1. The lowest BCUT2D eigenvalue weighted by atomic mass is 9.66. The number of hydrogen-bond donors (Lipinski definition) is 1. The van der Waals surface area contributed by atoms with Crippen LogP contribution in [0, 0.1) is 5.41 Å². The van der Waals surface area contributed by atoms with Crippen molar-refractivity contribution in [1.29, 1.82) is 0 Å². The highest BCUT2D eigenvalue weighted by molar-refractivity contribution is 6.19. The Morgan fingerprint density at radius 1 is 1.39 bits per heavy atom. The van der Waals surface area contributed by atoms with E-state index in [0.29, 0.717) is 12.8 Å². The number of rotatable bonds is 3. The topological polar surface area (TPSA) is 92.8 Å².